The lowest BCUT2D eigenvalue weighted by Gasteiger charge is -2.31. The maximum atomic E-state index is 12.5. The van der Waals surface area contributed by atoms with Crippen LogP contribution in [-0.4, -0.2) is 48.5 Å². The number of H-pyrrole nitrogens is 1. The highest BCUT2D eigenvalue weighted by molar-refractivity contribution is 7.89. The van der Waals surface area contributed by atoms with E-state index in [-0.39, 0.29) is 11.1 Å². The summed E-state index contributed by atoms with van der Waals surface area (Å²) in [7, 11) is -3.47. The Morgan fingerprint density at radius 2 is 2.32 bits per heavy atom. The van der Waals surface area contributed by atoms with Crippen molar-refractivity contribution in [2.75, 3.05) is 19.7 Å². The van der Waals surface area contributed by atoms with Crippen molar-refractivity contribution in [3.05, 3.63) is 12.0 Å². The molecule has 1 aromatic rings. The fraction of sp³-hybridized carbons (Fsp3) is 0.750. The number of nitrogens with one attached hydrogen (secondary N) is 1. The van der Waals surface area contributed by atoms with Gasteiger partial charge in [-0.05, 0) is 19.8 Å². The van der Waals surface area contributed by atoms with Crippen LogP contribution in [-0.2, 0) is 21.2 Å². The molecular formula is C12H21N3O3S. The van der Waals surface area contributed by atoms with Crippen LogP contribution < -0.4 is 0 Å². The molecule has 0 amide bonds. The molecule has 0 aromatic carbocycles. The Labute approximate surface area is 114 Å². The van der Waals surface area contributed by atoms with Crippen molar-refractivity contribution in [2.24, 2.45) is 0 Å². The zero-order valence-electron chi connectivity index (χ0n) is 11.4. The van der Waals surface area contributed by atoms with Crippen LogP contribution >= 0.6 is 0 Å². The van der Waals surface area contributed by atoms with Crippen LogP contribution in [0.4, 0.5) is 0 Å². The van der Waals surface area contributed by atoms with E-state index < -0.39 is 10.0 Å². The number of ether oxygens (including phenoxy) is 1. The predicted molar refractivity (Wildman–Crippen MR) is 71.4 cm³/mol. The van der Waals surface area contributed by atoms with Crippen LogP contribution in [0.5, 0.6) is 0 Å². The Morgan fingerprint density at radius 1 is 1.53 bits per heavy atom. The summed E-state index contributed by atoms with van der Waals surface area (Å²) in [6.45, 7) is 5.45. The highest BCUT2D eigenvalue weighted by atomic mass is 32.2. The summed E-state index contributed by atoms with van der Waals surface area (Å²) < 4.78 is 32.0. The van der Waals surface area contributed by atoms with Crippen LogP contribution in [0.1, 0.15) is 32.5 Å². The summed E-state index contributed by atoms with van der Waals surface area (Å²) in [5.74, 6) is 0.692. The number of aromatic amines is 1. The number of nitrogens with zero attached hydrogens (tertiary/aromatic N) is 2. The third kappa shape index (κ3) is 3.16. The third-order valence-corrected chi connectivity index (χ3v) is 5.08. The summed E-state index contributed by atoms with van der Waals surface area (Å²) in [5.41, 5.74) is 0. The maximum Gasteiger partial charge on any atom is 0.260 e. The van der Waals surface area contributed by atoms with Crippen LogP contribution in [0.2, 0.25) is 0 Å². The molecule has 0 bridgehead atoms. The molecule has 6 nitrogen and oxygen atoms in total. The molecule has 0 spiro atoms. The van der Waals surface area contributed by atoms with Crippen molar-refractivity contribution in [2.45, 2.75) is 44.2 Å². The summed E-state index contributed by atoms with van der Waals surface area (Å²) in [4.78, 5) is 6.92. The van der Waals surface area contributed by atoms with Gasteiger partial charge in [-0.1, -0.05) is 6.92 Å². The Balaban J connectivity index is 2.14. The van der Waals surface area contributed by atoms with Crippen molar-refractivity contribution in [1.82, 2.24) is 14.3 Å². The molecule has 1 N–H and O–H groups in total. The number of imidazole rings is 1. The van der Waals surface area contributed by atoms with Gasteiger partial charge in [0.15, 0.2) is 5.03 Å². The molecule has 2 heterocycles. The van der Waals surface area contributed by atoms with Gasteiger partial charge in [0.2, 0.25) is 0 Å². The van der Waals surface area contributed by atoms with Gasteiger partial charge in [0.25, 0.3) is 10.0 Å². The molecule has 0 saturated carbocycles. The van der Waals surface area contributed by atoms with E-state index in [4.69, 9.17) is 4.74 Å². The first-order chi connectivity index (χ1) is 9.07. The Bertz CT molecular complexity index is 510. The number of aromatic nitrogens is 2. The highest BCUT2D eigenvalue weighted by Crippen LogP contribution is 2.21. The summed E-state index contributed by atoms with van der Waals surface area (Å²) in [6.07, 6.45) is 3.85. The maximum absolute atomic E-state index is 12.5. The van der Waals surface area contributed by atoms with E-state index in [1.807, 2.05) is 13.8 Å². The number of sulfonamides is 1. The van der Waals surface area contributed by atoms with Gasteiger partial charge in [-0.3, -0.25) is 0 Å². The molecule has 1 atom stereocenters. The monoisotopic (exact) mass is 287 g/mol. The Hall–Kier alpha value is -0.920. The predicted octanol–water partition coefficient (Wildman–Crippen LogP) is 1.16. The van der Waals surface area contributed by atoms with Crippen molar-refractivity contribution in [3.8, 4) is 0 Å². The zero-order chi connectivity index (χ0) is 13.9. The van der Waals surface area contributed by atoms with E-state index in [1.165, 1.54) is 10.5 Å². The van der Waals surface area contributed by atoms with Crippen LogP contribution in [0.3, 0.4) is 0 Å². The lowest BCUT2D eigenvalue weighted by molar-refractivity contribution is 0.0264. The first-order valence-corrected chi connectivity index (χ1v) is 8.17. The molecule has 2 rings (SSSR count). The van der Waals surface area contributed by atoms with E-state index in [0.717, 1.165) is 12.8 Å². The second kappa shape index (κ2) is 6.02. The third-order valence-electron chi connectivity index (χ3n) is 3.30. The number of hydrogen-bond donors (Lipinski definition) is 1. The smallest absolute Gasteiger partial charge is 0.260 e. The van der Waals surface area contributed by atoms with E-state index >= 15 is 0 Å². The normalized spacial score (nSPS) is 21.7. The number of aryl methyl sites for hydroxylation is 1. The molecule has 19 heavy (non-hydrogen) atoms. The van der Waals surface area contributed by atoms with Gasteiger partial charge in [0.1, 0.15) is 5.82 Å². The first kappa shape index (κ1) is 14.5. The second-order valence-corrected chi connectivity index (χ2v) is 6.54. The van der Waals surface area contributed by atoms with E-state index in [9.17, 15) is 8.42 Å². The van der Waals surface area contributed by atoms with Crippen molar-refractivity contribution in [1.29, 1.82) is 0 Å². The standard InChI is InChI=1S/C12H21N3O3S/c1-3-11-13-8-12(14-11)19(16,17)15-7-5-6-10(9-15)18-4-2/h8,10H,3-7,9H2,1-2H3,(H,13,14). The number of rotatable bonds is 5. The molecular weight excluding hydrogens is 266 g/mol. The van der Waals surface area contributed by atoms with E-state index in [0.29, 0.717) is 31.9 Å². The molecule has 7 heteroatoms. The molecule has 1 aromatic heterocycles. The largest absolute Gasteiger partial charge is 0.377 e. The van der Waals surface area contributed by atoms with Gasteiger partial charge in [-0.25, -0.2) is 13.4 Å². The van der Waals surface area contributed by atoms with Gasteiger partial charge < -0.3 is 9.72 Å². The fourth-order valence-electron chi connectivity index (χ4n) is 2.29. The SMILES string of the molecule is CCOC1CCCN(S(=O)(=O)c2cnc(CC)[nH]2)C1. The second-order valence-electron chi connectivity index (χ2n) is 4.63. The summed E-state index contributed by atoms with van der Waals surface area (Å²) >= 11 is 0. The summed E-state index contributed by atoms with van der Waals surface area (Å²) in [6, 6.07) is 0. The van der Waals surface area contributed by atoms with Gasteiger partial charge in [-0.15, -0.1) is 0 Å². The van der Waals surface area contributed by atoms with Crippen molar-refractivity contribution < 1.29 is 13.2 Å². The van der Waals surface area contributed by atoms with Gasteiger partial charge >= 0.3 is 0 Å². The van der Waals surface area contributed by atoms with Crippen molar-refractivity contribution in [3.63, 3.8) is 0 Å². The minimum absolute atomic E-state index is 0.00194. The molecule has 0 aliphatic carbocycles. The molecule has 0 radical (unpaired) electrons. The molecule has 1 aliphatic heterocycles. The zero-order valence-corrected chi connectivity index (χ0v) is 12.2. The molecule has 1 aliphatic rings. The lowest BCUT2D eigenvalue weighted by Crippen LogP contribution is -2.43. The molecule has 108 valence electrons. The minimum Gasteiger partial charge on any atom is -0.377 e. The van der Waals surface area contributed by atoms with E-state index in [1.54, 1.807) is 0 Å². The Kier molecular flexibility index (Phi) is 4.59. The minimum atomic E-state index is -3.47. The topological polar surface area (TPSA) is 75.3 Å². The van der Waals surface area contributed by atoms with E-state index in [2.05, 4.69) is 9.97 Å². The van der Waals surface area contributed by atoms with Crippen LogP contribution in [0.25, 0.3) is 0 Å². The lowest BCUT2D eigenvalue weighted by atomic mass is 10.1. The van der Waals surface area contributed by atoms with Crippen LogP contribution in [0, 0.1) is 0 Å². The average Bonchev–Trinajstić information content (AvgIpc) is 2.89. The summed E-state index contributed by atoms with van der Waals surface area (Å²) in [5, 5.41) is 0.182. The van der Waals surface area contributed by atoms with Crippen LogP contribution in [0.15, 0.2) is 11.2 Å². The first-order valence-electron chi connectivity index (χ1n) is 6.73. The molecule has 1 unspecified atom stereocenters. The van der Waals surface area contributed by atoms with Crippen molar-refractivity contribution >= 4 is 10.0 Å². The Morgan fingerprint density at radius 3 is 2.95 bits per heavy atom. The number of hydrogen-bond acceptors (Lipinski definition) is 4. The van der Waals surface area contributed by atoms with Gasteiger partial charge in [0, 0.05) is 26.1 Å². The molecule has 1 saturated heterocycles. The molecule has 1 fully saturated rings. The quantitative estimate of drug-likeness (QED) is 0.882. The average molecular weight is 287 g/mol. The van der Waals surface area contributed by atoms with Gasteiger partial charge in [-0.2, -0.15) is 4.31 Å². The fourth-order valence-corrected chi connectivity index (χ4v) is 3.73. The highest BCUT2D eigenvalue weighted by Gasteiger charge is 2.31. The van der Waals surface area contributed by atoms with Gasteiger partial charge in [0.05, 0.1) is 12.3 Å². The number of piperidine rings is 1.